The molecule has 2 atom stereocenters. The number of unbranched alkanes of at least 4 members (excludes halogenated alkanes) is 3. The first-order valence-electron chi connectivity index (χ1n) is 11.1. The summed E-state index contributed by atoms with van der Waals surface area (Å²) in [5, 5.41) is 18.0. The van der Waals surface area contributed by atoms with Crippen molar-refractivity contribution < 1.29 is 45.7 Å². The molecule has 0 aromatic rings. The van der Waals surface area contributed by atoms with Crippen LogP contribution in [-0.4, -0.2) is 40.0 Å². The third kappa shape index (κ3) is 9.15. The Hall–Kier alpha value is -0.782. The van der Waals surface area contributed by atoms with Crippen LogP contribution < -0.4 is 11.5 Å². The molecule has 0 radical (unpaired) electrons. The molecule has 6 N–H and O–H groups in total. The first kappa shape index (κ1) is 29.2. The first-order chi connectivity index (χ1) is 13.6. The average molecular weight is 608 g/mol. The van der Waals surface area contributed by atoms with Crippen LogP contribution in [0, 0.1) is 17.3 Å². The zero-order chi connectivity index (χ0) is 22.0. The van der Waals surface area contributed by atoms with E-state index in [1.54, 1.807) is 0 Å². The zero-order valence-corrected chi connectivity index (χ0v) is 20.7. The molecule has 2 rings (SSSR count). The molecular weight excluding hydrogens is 567 g/mol. The van der Waals surface area contributed by atoms with Gasteiger partial charge in [-0.25, -0.2) is 0 Å². The summed E-state index contributed by atoms with van der Waals surface area (Å²) in [5.74, 6) is -1.78. The van der Waals surface area contributed by atoms with Crippen LogP contribution in [-0.2, 0) is 35.4 Å². The van der Waals surface area contributed by atoms with Gasteiger partial charge in [0.1, 0.15) is 5.78 Å². The molecule has 7 nitrogen and oxygen atoms in total. The minimum absolute atomic E-state index is 0. The normalized spacial score (nSPS) is 22.8. The average Bonchev–Trinajstić information content (AvgIpc) is 2.61. The Morgan fingerprint density at radius 1 is 0.900 bits per heavy atom. The minimum atomic E-state index is -1.53. The first-order valence-corrected chi connectivity index (χ1v) is 11.1. The second-order valence-corrected chi connectivity index (χ2v) is 9.15. The molecule has 2 aliphatic carbocycles. The molecule has 0 aromatic carbocycles. The maximum atomic E-state index is 11.4. The smallest absolute Gasteiger partial charge is 0.321 e. The minimum Gasteiger partial charge on any atom is -0.480 e. The molecule has 178 valence electrons. The van der Waals surface area contributed by atoms with Crippen molar-refractivity contribution in [1.29, 1.82) is 0 Å². The molecule has 2 fully saturated rings. The molecule has 0 bridgehead atoms. The van der Waals surface area contributed by atoms with Gasteiger partial charge in [-0.05, 0) is 38.0 Å². The van der Waals surface area contributed by atoms with E-state index < -0.39 is 17.4 Å². The monoisotopic (exact) mass is 607 g/mol. The van der Waals surface area contributed by atoms with E-state index in [1.165, 1.54) is 12.8 Å². The van der Waals surface area contributed by atoms with Crippen LogP contribution in [0.25, 0.3) is 0 Å². The molecule has 30 heavy (non-hydrogen) atoms. The van der Waals surface area contributed by atoms with Gasteiger partial charge in [0.2, 0.25) is 0 Å². The van der Waals surface area contributed by atoms with Crippen LogP contribution in [0.2, 0.25) is 0 Å². The topological polar surface area (TPSA) is 144 Å². The SMILES string of the molecule is CC(C)C(=O)CCCCCCC1CC(C(=O)O)(C(=O)O)C1.NC1CCCCC1N.[Pt]. The summed E-state index contributed by atoms with van der Waals surface area (Å²) in [6, 6.07) is 0.562. The molecular formula is C22H40N2O5Pt. The summed E-state index contributed by atoms with van der Waals surface area (Å²) < 4.78 is 0. The third-order valence-corrected chi connectivity index (χ3v) is 6.40. The van der Waals surface area contributed by atoms with E-state index in [0.717, 1.165) is 44.9 Å². The number of nitrogens with two attached hydrogens (primary N) is 2. The predicted molar refractivity (Wildman–Crippen MR) is 112 cm³/mol. The Bertz CT molecular complexity index is 524. The Kier molecular flexibility index (Phi) is 13.9. The van der Waals surface area contributed by atoms with Crippen molar-refractivity contribution in [2.75, 3.05) is 0 Å². The van der Waals surface area contributed by atoms with E-state index in [1.807, 2.05) is 13.8 Å². The fourth-order valence-corrected chi connectivity index (χ4v) is 4.13. The number of hydrogen-bond donors (Lipinski definition) is 4. The Balaban J connectivity index is 0.000000782. The van der Waals surface area contributed by atoms with E-state index in [9.17, 15) is 14.4 Å². The Morgan fingerprint density at radius 2 is 1.37 bits per heavy atom. The number of hydrogen-bond acceptors (Lipinski definition) is 5. The van der Waals surface area contributed by atoms with Crippen molar-refractivity contribution in [3.05, 3.63) is 0 Å². The van der Waals surface area contributed by atoms with Crippen molar-refractivity contribution in [3.8, 4) is 0 Å². The number of carbonyl (C=O) groups is 3. The fraction of sp³-hybridized carbons (Fsp3) is 0.864. The molecule has 2 aliphatic rings. The van der Waals surface area contributed by atoms with Gasteiger partial charge in [-0.2, -0.15) is 0 Å². The summed E-state index contributed by atoms with van der Waals surface area (Å²) in [7, 11) is 0. The molecule has 2 unspecified atom stereocenters. The summed E-state index contributed by atoms with van der Waals surface area (Å²) in [5.41, 5.74) is 9.77. The van der Waals surface area contributed by atoms with Crippen molar-refractivity contribution in [1.82, 2.24) is 0 Å². The van der Waals surface area contributed by atoms with Gasteiger partial charge < -0.3 is 21.7 Å². The van der Waals surface area contributed by atoms with Gasteiger partial charge in [0.15, 0.2) is 5.41 Å². The van der Waals surface area contributed by atoms with E-state index in [2.05, 4.69) is 0 Å². The molecule has 0 heterocycles. The number of carboxylic acid groups (broad SMARTS) is 2. The van der Waals surface area contributed by atoms with Gasteiger partial charge in [-0.1, -0.05) is 52.4 Å². The Morgan fingerprint density at radius 3 is 1.77 bits per heavy atom. The summed E-state index contributed by atoms with van der Waals surface area (Å²) in [6.45, 7) is 3.83. The van der Waals surface area contributed by atoms with Gasteiger partial charge in [0.05, 0.1) is 0 Å². The standard InChI is InChI=1S/C16H26O5.C6H14N2.Pt/c1-11(2)13(17)8-6-4-3-5-7-12-9-16(10-12,14(18)19)15(20)21;7-5-3-1-2-4-6(5)8;/h11-12H,3-10H2,1-2H3,(H,18,19)(H,20,21);5-6H,1-4,7-8H2;. The third-order valence-electron chi connectivity index (χ3n) is 6.40. The van der Waals surface area contributed by atoms with Crippen LogP contribution in [0.1, 0.15) is 90.9 Å². The van der Waals surface area contributed by atoms with Crippen LogP contribution in [0.15, 0.2) is 0 Å². The molecule has 0 saturated heterocycles. The molecule has 0 aliphatic heterocycles. The molecule has 0 amide bonds. The molecule has 0 aromatic heterocycles. The second kappa shape index (κ2) is 14.3. The summed E-state index contributed by atoms with van der Waals surface area (Å²) in [6.07, 6.45) is 10.8. The largest absolute Gasteiger partial charge is 0.480 e. The molecule has 2 saturated carbocycles. The molecule has 0 spiro atoms. The molecule has 8 heteroatoms. The van der Waals surface area contributed by atoms with E-state index in [4.69, 9.17) is 21.7 Å². The maximum Gasteiger partial charge on any atom is 0.321 e. The van der Waals surface area contributed by atoms with Crippen molar-refractivity contribution in [2.24, 2.45) is 28.7 Å². The number of carboxylic acids is 2. The van der Waals surface area contributed by atoms with Crippen LogP contribution in [0.5, 0.6) is 0 Å². The van der Waals surface area contributed by atoms with E-state index in [-0.39, 0.29) is 57.8 Å². The zero-order valence-electron chi connectivity index (χ0n) is 18.4. The Labute approximate surface area is 195 Å². The summed E-state index contributed by atoms with van der Waals surface area (Å²) >= 11 is 0. The number of carbonyl (C=O) groups excluding carboxylic acids is 1. The fourth-order valence-electron chi connectivity index (χ4n) is 4.13. The number of rotatable bonds is 10. The number of Topliss-reactive ketones (excluding diaryl/α,β-unsaturated/α-hetero) is 1. The van der Waals surface area contributed by atoms with Crippen molar-refractivity contribution in [3.63, 3.8) is 0 Å². The summed E-state index contributed by atoms with van der Waals surface area (Å²) in [4.78, 5) is 33.5. The van der Waals surface area contributed by atoms with Gasteiger partial charge >= 0.3 is 11.9 Å². The van der Waals surface area contributed by atoms with Crippen molar-refractivity contribution in [2.45, 2.75) is 103 Å². The maximum absolute atomic E-state index is 11.4. The van der Waals surface area contributed by atoms with E-state index in [0.29, 0.717) is 12.2 Å². The van der Waals surface area contributed by atoms with Gasteiger partial charge in [-0.3, -0.25) is 14.4 Å². The quantitative estimate of drug-likeness (QED) is 0.220. The number of ketones is 1. The van der Waals surface area contributed by atoms with Crippen LogP contribution in [0.3, 0.4) is 0 Å². The number of aliphatic carboxylic acids is 2. The van der Waals surface area contributed by atoms with E-state index >= 15 is 0 Å². The van der Waals surface area contributed by atoms with Gasteiger partial charge in [-0.15, -0.1) is 0 Å². The van der Waals surface area contributed by atoms with Crippen LogP contribution >= 0.6 is 0 Å². The van der Waals surface area contributed by atoms with Crippen molar-refractivity contribution >= 4 is 17.7 Å². The van der Waals surface area contributed by atoms with Crippen LogP contribution in [0.4, 0.5) is 0 Å². The predicted octanol–water partition coefficient (Wildman–Crippen LogP) is 3.33. The van der Waals surface area contributed by atoms with Gasteiger partial charge in [0, 0.05) is 45.5 Å². The van der Waals surface area contributed by atoms with Gasteiger partial charge in [0.25, 0.3) is 0 Å². The second-order valence-electron chi connectivity index (χ2n) is 9.15.